The van der Waals surface area contributed by atoms with E-state index in [1.165, 1.54) is 0 Å². The number of anilines is 2. The maximum atomic E-state index is 13.3. The summed E-state index contributed by atoms with van der Waals surface area (Å²) < 4.78 is 2.20. The van der Waals surface area contributed by atoms with Crippen LogP contribution in [0, 0.1) is 0 Å². The molecule has 1 aliphatic rings. The standard InChI is InChI=1S/C23H27N5O/c1-26(2)13-6-12-24-22-11-10-18(15-25-22)23(29)28-17-20-8-5-14-27(20)16-19-7-3-4-9-21(19)28/h3-5,7-11,14-15H,6,12-13,16-17H2,1-2H3,(H,24,25). The van der Waals surface area contributed by atoms with Crippen LogP contribution in [0.3, 0.4) is 0 Å². The summed E-state index contributed by atoms with van der Waals surface area (Å²) >= 11 is 0. The molecular formula is C23H27N5O. The summed E-state index contributed by atoms with van der Waals surface area (Å²) in [5, 5.41) is 3.31. The molecule has 0 radical (unpaired) electrons. The second-order valence-corrected chi connectivity index (χ2v) is 7.66. The van der Waals surface area contributed by atoms with Crippen LogP contribution in [0.5, 0.6) is 0 Å². The first kappa shape index (κ1) is 19.2. The van der Waals surface area contributed by atoms with E-state index >= 15 is 0 Å². The smallest absolute Gasteiger partial charge is 0.260 e. The van der Waals surface area contributed by atoms with Gasteiger partial charge >= 0.3 is 0 Å². The Morgan fingerprint density at radius 1 is 1.10 bits per heavy atom. The van der Waals surface area contributed by atoms with Crippen molar-refractivity contribution in [2.45, 2.75) is 19.5 Å². The van der Waals surface area contributed by atoms with Crippen LogP contribution >= 0.6 is 0 Å². The molecule has 6 nitrogen and oxygen atoms in total. The van der Waals surface area contributed by atoms with Crippen LogP contribution in [-0.2, 0) is 13.1 Å². The Morgan fingerprint density at radius 3 is 2.76 bits per heavy atom. The van der Waals surface area contributed by atoms with Crippen LogP contribution in [-0.4, -0.2) is 47.5 Å². The lowest BCUT2D eigenvalue weighted by Gasteiger charge is -2.22. The van der Waals surface area contributed by atoms with Gasteiger partial charge in [-0.05, 0) is 63.0 Å². The molecule has 0 bridgehead atoms. The Hall–Kier alpha value is -3.12. The maximum Gasteiger partial charge on any atom is 0.260 e. The fraction of sp³-hybridized carbons (Fsp3) is 0.304. The van der Waals surface area contributed by atoms with Gasteiger partial charge in [-0.1, -0.05) is 18.2 Å². The zero-order chi connectivity index (χ0) is 20.2. The molecule has 1 aromatic carbocycles. The van der Waals surface area contributed by atoms with E-state index in [1.807, 2.05) is 41.3 Å². The normalized spacial score (nSPS) is 13.0. The fourth-order valence-corrected chi connectivity index (χ4v) is 3.66. The van der Waals surface area contributed by atoms with Crippen molar-refractivity contribution in [3.8, 4) is 0 Å². The lowest BCUT2D eigenvalue weighted by molar-refractivity contribution is 0.0984. The Kier molecular flexibility index (Phi) is 5.62. The number of amides is 1. The number of aromatic nitrogens is 2. The number of carbonyl (C=O) groups is 1. The van der Waals surface area contributed by atoms with Crippen LogP contribution in [0.4, 0.5) is 11.5 Å². The lowest BCUT2D eigenvalue weighted by atomic mass is 10.1. The van der Waals surface area contributed by atoms with Gasteiger partial charge in [-0.25, -0.2) is 4.98 Å². The Morgan fingerprint density at radius 2 is 1.97 bits per heavy atom. The number of rotatable bonds is 6. The molecule has 1 amide bonds. The quantitative estimate of drug-likeness (QED) is 0.656. The van der Waals surface area contributed by atoms with Crippen LogP contribution in [0.15, 0.2) is 60.9 Å². The third-order valence-electron chi connectivity index (χ3n) is 5.21. The van der Waals surface area contributed by atoms with E-state index in [1.54, 1.807) is 6.20 Å². The van der Waals surface area contributed by atoms with Gasteiger partial charge in [0.15, 0.2) is 0 Å². The van der Waals surface area contributed by atoms with Crippen LogP contribution in [0.1, 0.15) is 28.0 Å². The van der Waals surface area contributed by atoms with Crippen molar-refractivity contribution in [3.05, 3.63) is 77.7 Å². The van der Waals surface area contributed by atoms with Gasteiger partial charge in [0, 0.05) is 36.9 Å². The minimum atomic E-state index is -0.0289. The van der Waals surface area contributed by atoms with Crippen molar-refractivity contribution < 1.29 is 4.79 Å². The highest BCUT2D eigenvalue weighted by Gasteiger charge is 2.24. The number of nitrogens with one attached hydrogen (secondary N) is 1. The lowest BCUT2D eigenvalue weighted by Crippen LogP contribution is -2.30. The van der Waals surface area contributed by atoms with Gasteiger partial charge in [-0.15, -0.1) is 0 Å². The molecule has 1 N–H and O–H groups in total. The van der Waals surface area contributed by atoms with Gasteiger partial charge in [0.2, 0.25) is 0 Å². The summed E-state index contributed by atoms with van der Waals surface area (Å²) in [5.41, 5.74) is 3.83. The van der Waals surface area contributed by atoms with Gasteiger partial charge in [0.1, 0.15) is 5.82 Å². The van der Waals surface area contributed by atoms with E-state index in [-0.39, 0.29) is 5.91 Å². The van der Waals surface area contributed by atoms with Gasteiger partial charge in [0.05, 0.1) is 12.1 Å². The van der Waals surface area contributed by atoms with Gasteiger partial charge < -0.3 is 19.7 Å². The average molecular weight is 390 g/mol. The molecule has 0 fully saturated rings. The van der Waals surface area contributed by atoms with Crippen LogP contribution < -0.4 is 10.2 Å². The number of carbonyl (C=O) groups excluding carboxylic acids is 1. The van der Waals surface area contributed by atoms with Crippen molar-refractivity contribution in [2.24, 2.45) is 0 Å². The number of hydrogen-bond acceptors (Lipinski definition) is 4. The van der Waals surface area contributed by atoms with E-state index < -0.39 is 0 Å². The van der Waals surface area contributed by atoms with E-state index in [0.29, 0.717) is 12.1 Å². The fourth-order valence-electron chi connectivity index (χ4n) is 3.66. The zero-order valence-electron chi connectivity index (χ0n) is 17.0. The highest BCUT2D eigenvalue weighted by Crippen LogP contribution is 2.29. The van der Waals surface area contributed by atoms with E-state index in [9.17, 15) is 4.79 Å². The summed E-state index contributed by atoms with van der Waals surface area (Å²) in [7, 11) is 4.13. The topological polar surface area (TPSA) is 53.4 Å². The number of fused-ring (bicyclic) bond motifs is 2. The Bertz CT molecular complexity index is 977. The van der Waals surface area contributed by atoms with Gasteiger partial charge in [-0.2, -0.15) is 0 Å². The number of pyridine rings is 1. The molecular weight excluding hydrogens is 362 g/mol. The van der Waals surface area contributed by atoms with E-state index in [2.05, 4.69) is 52.2 Å². The van der Waals surface area contributed by atoms with Gasteiger partial charge in [-0.3, -0.25) is 4.79 Å². The van der Waals surface area contributed by atoms with Gasteiger partial charge in [0.25, 0.3) is 5.91 Å². The summed E-state index contributed by atoms with van der Waals surface area (Å²) in [4.78, 5) is 21.8. The Labute approximate surface area is 171 Å². The van der Waals surface area contributed by atoms with Crippen molar-refractivity contribution in [2.75, 3.05) is 37.4 Å². The first-order chi connectivity index (χ1) is 14.1. The monoisotopic (exact) mass is 389 g/mol. The minimum absolute atomic E-state index is 0.0289. The maximum absolute atomic E-state index is 13.3. The number of nitrogens with zero attached hydrogens (tertiary/aromatic N) is 4. The molecule has 0 atom stereocenters. The highest BCUT2D eigenvalue weighted by molar-refractivity contribution is 6.06. The molecule has 150 valence electrons. The average Bonchev–Trinajstić information content (AvgIpc) is 3.10. The van der Waals surface area contributed by atoms with E-state index in [4.69, 9.17) is 0 Å². The molecule has 4 rings (SSSR count). The first-order valence-corrected chi connectivity index (χ1v) is 10.0. The molecule has 0 unspecified atom stereocenters. The molecule has 6 heteroatoms. The summed E-state index contributed by atoms with van der Waals surface area (Å²) in [6.07, 6.45) is 4.78. The second-order valence-electron chi connectivity index (χ2n) is 7.66. The predicted molar refractivity (Wildman–Crippen MR) is 116 cm³/mol. The third kappa shape index (κ3) is 4.32. The summed E-state index contributed by atoms with van der Waals surface area (Å²) in [5.74, 6) is 0.768. The number of benzene rings is 1. The number of hydrogen-bond donors (Lipinski definition) is 1. The third-order valence-corrected chi connectivity index (χ3v) is 5.21. The number of para-hydroxylation sites is 1. The second kappa shape index (κ2) is 8.49. The molecule has 0 spiro atoms. The van der Waals surface area contributed by atoms with Crippen LogP contribution in [0.2, 0.25) is 0 Å². The highest BCUT2D eigenvalue weighted by atomic mass is 16.2. The largest absolute Gasteiger partial charge is 0.370 e. The first-order valence-electron chi connectivity index (χ1n) is 10.0. The SMILES string of the molecule is CN(C)CCCNc1ccc(C(=O)N2Cc3cccn3Cc3ccccc32)cn1. The molecule has 0 aliphatic carbocycles. The molecule has 3 heterocycles. The zero-order valence-corrected chi connectivity index (χ0v) is 17.0. The summed E-state index contributed by atoms with van der Waals surface area (Å²) in [6.45, 7) is 3.21. The van der Waals surface area contributed by atoms with Crippen molar-refractivity contribution >= 4 is 17.4 Å². The van der Waals surface area contributed by atoms with Crippen molar-refractivity contribution in [1.82, 2.24) is 14.5 Å². The molecule has 0 saturated carbocycles. The van der Waals surface area contributed by atoms with Crippen molar-refractivity contribution in [3.63, 3.8) is 0 Å². The summed E-state index contributed by atoms with van der Waals surface area (Å²) in [6, 6.07) is 16.0. The van der Waals surface area contributed by atoms with Crippen LogP contribution in [0.25, 0.3) is 0 Å². The molecule has 0 saturated heterocycles. The molecule has 3 aromatic rings. The molecule has 1 aliphatic heterocycles. The minimum Gasteiger partial charge on any atom is -0.370 e. The Balaban J connectivity index is 1.51. The van der Waals surface area contributed by atoms with E-state index in [0.717, 1.165) is 48.8 Å². The molecule has 29 heavy (non-hydrogen) atoms. The molecule has 2 aromatic heterocycles. The predicted octanol–water partition coefficient (Wildman–Crippen LogP) is 3.46. The van der Waals surface area contributed by atoms with Crippen molar-refractivity contribution in [1.29, 1.82) is 0 Å².